The van der Waals surface area contributed by atoms with Gasteiger partial charge < -0.3 is 14.8 Å². The Labute approximate surface area is 204 Å². The van der Waals surface area contributed by atoms with E-state index in [4.69, 9.17) is 26.1 Å². The van der Waals surface area contributed by atoms with Crippen LogP contribution in [0.2, 0.25) is 5.02 Å². The third-order valence-electron chi connectivity index (χ3n) is 6.11. The summed E-state index contributed by atoms with van der Waals surface area (Å²) in [5.41, 5.74) is 3.55. The van der Waals surface area contributed by atoms with Gasteiger partial charge in [-0.15, -0.1) is 0 Å². The van der Waals surface area contributed by atoms with Crippen molar-refractivity contribution in [3.8, 4) is 5.75 Å². The second-order valence-electron chi connectivity index (χ2n) is 8.19. The van der Waals surface area contributed by atoms with Crippen molar-refractivity contribution in [1.29, 1.82) is 0 Å². The molecule has 3 aromatic rings. The second-order valence-corrected chi connectivity index (χ2v) is 8.60. The van der Waals surface area contributed by atoms with Crippen LogP contribution in [0.3, 0.4) is 0 Å². The number of carbonyl (C=O) groups excluding carboxylic acids is 2. The number of anilines is 1. The number of pyridine rings is 1. The molecule has 0 radical (unpaired) electrons. The lowest BCUT2D eigenvalue weighted by molar-refractivity contribution is -0.124. The summed E-state index contributed by atoms with van der Waals surface area (Å²) in [6, 6.07) is 12.5. The molecule has 2 heterocycles. The van der Waals surface area contributed by atoms with E-state index in [1.54, 1.807) is 25.1 Å². The maximum absolute atomic E-state index is 13.5. The number of carbonyl (C=O) groups is 2. The lowest BCUT2D eigenvalue weighted by Gasteiger charge is -2.29. The number of halogens is 1. The van der Waals surface area contributed by atoms with Crippen molar-refractivity contribution < 1.29 is 19.1 Å². The molecule has 8 heteroatoms. The molecule has 34 heavy (non-hydrogen) atoms. The number of fused-ring (bicyclic) bond motifs is 2. The average molecular weight is 482 g/mol. The van der Waals surface area contributed by atoms with Crippen LogP contribution >= 0.6 is 11.6 Å². The quantitative estimate of drug-likeness (QED) is 0.486. The molecule has 1 unspecified atom stereocenters. The Kier molecular flexibility index (Phi) is 7.34. The van der Waals surface area contributed by atoms with Crippen LogP contribution in [0.1, 0.15) is 41.9 Å². The van der Waals surface area contributed by atoms with E-state index < -0.39 is 18.0 Å². The van der Waals surface area contributed by atoms with Crippen molar-refractivity contribution in [2.24, 2.45) is 0 Å². The number of para-hydroxylation sites is 1. The number of likely N-dealkylation sites (N-methyl/N-ethyl adjacent to an activating group) is 1. The summed E-state index contributed by atoms with van der Waals surface area (Å²) < 4.78 is 10.9. The second kappa shape index (κ2) is 10.4. The van der Waals surface area contributed by atoms with Gasteiger partial charge in [-0.3, -0.25) is 14.7 Å². The zero-order chi connectivity index (χ0) is 24.2. The number of esters is 1. The minimum Gasteiger partial charge on any atom is -0.495 e. The van der Waals surface area contributed by atoms with Gasteiger partial charge in [0.25, 0.3) is 5.91 Å². The smallest absolute Gasteiger partial charge is 0.340 e. The molecule has 1 amide bonds. The molecule has 0 bridgehead atoms. The monoisotopic (exact) mass is 481 g/mol. The summed E-state index contributed by atoms with van der Waals surface area (Å²) in [7, 11) is 1.52. The Morgan fingerprint density at radius 3 is 2.71 bits per heavy atom. The highest BCUT2D eigenvalue weighted by Crippen LogP contribution is 2.30. The normalized spacial score (nSPS) is 14.4. The van der Waals surface area contributed by atoms with Crippen LogP contribution in [0.4, 0.5) is 5.69 Å². The zero-order valence-corrected chi connectivity index (χ0v) is 20.3. The zero-order valence-electron chi connectivity index (χ0n) is 19.6. The van der Waals surface area contributed by atoms with Crippen LogP contribution in [0.5, 0.6) is 5.75 Å². The molecule has 0 aliphatic carbocycles. The summed E-state index contributed by atoms with van der Waals surface area (Å²) >= 11 is 6.17. The highest BCUT2D eigenvalue weighted by Gasteiger charge is 2.29. The van der Waals surface area contributed by atoms with Crippen molar-refractivity contribution in [2.45, 2.75) is 39.3 Å². The van der Waals surface area contributed by atoms with E-state index in [9.17, 15) is 9.59 Å². The van der Waals surface area contributed by atoms with E-state index >= 15 is 0 Å². The molecule has 2 aromatic carbocycles. The highest BCUT2D eigenvalue weighted by molar-refractivity contribution is 6.32. The number of methoxy groups -OCH3 is 1. The molecule has 4 rings (SSSR count). The molecule has 1 aliphatic rings. The van der Waals surface area contributed by atoms with E-state index in [0.29, 0.717) is 35.0 Å². The fourth-order valence-corrected chi connectivity index (χ4v) is 4.48. The van der Waals surface area contributed by atoms with Crippen molar-refractivity contribution in [3.05, 3.63) is 64.3 Å². The number of hydrogen-bond acceptors (Lipinski definition) is 6. The predicted octanol–water partition coefficient (Wildman–Crippen LogP) is 4.85. The molecular weight excluding hydrogens is 454 g/mol. The Morgan fingerprint density at radius 2 is 2.00 bits per heavy atom. The standard InChI is InChI=1S/C26H28ClN3O4/c1-4-22(25(31)28-16-10-11-23(33-3)19(27)14-16)34-26(32)24-17-8-6-7-9-20(17)29-21-12-13-30(5-2)15-18(21)24/h6-11,14,22H,4-5,12-13,15H2,1-3H3,(H,28,31). The van der Waals surface area contributed by atoms with Crippen LogP contribution in [-0.2, 0) is 22.5 Å². The van der Waals surface area contributed by atoms with E-state index in [2.05, 4.69) is 17.1 Å². The first-order valence-corrected chi connectivity index (χ1v) is 11.8. The molecule has 1 aliphatic heterocycles. The fraction of sp³-hybridized carbons (Fsp3) is 0.346. The van der Waals surface area contributed by atoms with E-state index in [1.165, 1.54) is 7.11 Å². The molecular formula is C26H28ClN3O4. The van der Waals surface area contributed by atoms with Gasteiger partial charge in [0.05, 0.1) is 23.2 Å². The van der Waals surface area contributed by atoms with Gasteiger partial charge in [-0.25, -0.2) is 4.79 Å². The summed E-state index contributed by atoms with van der Waals surface area (Å²) in [5, 5.41) is 3.89. The molecule has 0 saturated heterocycles. The molecule has 1 aromatic heterocycles. The summed E-state index contributed by atoms with van der Waals surface area (Å²) in [4.78, 5) is 33.5. The number of ether oxygens (including phenoxy) is 2. The number of rotatable bonds is 7. The number of aromatic nitrogens is 1. The van der Waals surface area contributed by atoms with Crippen molar-refractivity contribution >= 4 is 40.1 Å². The van der Waals surface area contributed by atoms with Crippen molar-refractivity contribution in [2.75, 3.05) is 25.5 Å². The van der Waals surface area contributed by atoms with Crippen LogP contribution in [-0.4, -0.2) is 48.1 Å². The first-order valence-electron chi connectivity index (χ1n) is 11.4. The van der Waals surface area contributed by atoms with Gasteiger partial charge in [-0.2, -0.15) is 0 Å². The topological polar surface area (TPSA) is 80.8 Å². The predicted molar refractivity (Wildman–Crippen MR) is 133 cm³/mol. The Balaban J connectivity index is 1.61. The molecule has 0 saturated carbocycles. The number of hydrogen-bond donors (Lipinski definition) is 1. The number of nitrogens with zero attached hydrogens (tertiary/aromatic N) is 2. The molecule has 178 valence electrons. The van der Waals surface area contributed by atoms with Gasteiger partial charge in [-0.05, 0) is 37.2 Å². The van der Waals surface area contributed by atoms with Gasteiger partial charge in [-0.1, -0.05) is 43.6 Å². The third kappa shape index (κ3) is 4.86. The van der Waals surface area contributed by atoms with Crippen LogP contribution in [0, 0.1) is 0 Å². The highest BCUT2D eigenvalue weighted by atomic mass is 35.5. The summed E-state index contributed by atoms with van der Waals surface area (Å²) in [6.45, 7) is 6.30. The molecule has 0 spiro atoms. The lowest BCUT2D eigenvalue weighted by Crippen LogP contribution is -2.35. The van der Waals surface area contributed by atoms with E-state index in [0.717, 1.165) is 41.7 Å². The Hall–Kier alpha value is -3.16. The van der Waals surface area contributed by atoms with Crippen LogP contribution in [0.15, 0.2) is 42.5 Å². The number of amides is 1. The van der Waals surface area contributed by atoms with Gasteiger partial charge in [0.1, 0.15) is 5.75 Å². The number of nitrogens with one attached hydrogen (secondary N) is 1. The third-order valence-corrected chi connectivity index (χ3v) is 6.40. The Morgan fingerprint density at radius 1 is 1.21 bits per heavy atom. The van der Waals surface area contributed by atoms with Crippen LogP contribution < -0.4 is 10.1 Å². The minimum absolute atomic E-state index is 0.327. The Bertz CT molecular complexity index is 1230. The SMILES string of the molecule is CCC(OC(=O)c1c2c(nc3ccccc13)CCN(CC)C2)C(=O)Nc1ccc(OC)c(Cl)c1. The molecule has 1 atom stereocenters. The minimum atomic E-state index is -0.957. The van der Waals surface area contributed by atoms with Crippen molar-refractivity contribution in [3.63, 3.8) is 0 Å². The van der Waals surface area contributed by atoms with Gasteiger partial charge in [0, 0.05) is 41.8 Å². The number of benzene rings is 2. The average Bonchev–Trinajstić information content (AvgIpc) is 2.85. The summed E-state index contributed by atoms with van der Waals surface area (Å²) in [6.07, 6.45) is 0.139. The molecule has 7 nitrogen and oxygen atoms in total. The lowest BCUT2D eigenvalue weighted by atomic mass is 9.95. The largest absolute Gasteiger partial charge is 0.495 e. The maximum Gasteiger partial charge on any atom is 0.340 e. The van der Waals surface area contributed by atoms with Gasteiger partial charge >= 0.3 is 5.97 Å². The molecule has 0 fully saturated rings. The fourth-order valence-electron chi connectivity index (χ4n) is 4.23. The van der Waals surface area contributed by atoms with E-state index in [1.807, 2.05) is 24.3 Å². The van der Waals surface area contributed by atoms with Gasteiger partial charge in [0.15, 0.2) is 6.10 Å². The van der Waals surface area contributed by atoms with Gasteiger partial charge in [0.2, 0.25) is 0 Å². The molecule has 1 N–H and O–H groups in total. The first kappa shape index (κ1) is 24.0. The summed E-state index contributed by atoms with van der Waals surface area (Å²) in [5.74, 6) is -0.421. The van der Waals surface area contributed by atoms with E-state index in [-0.39, 0.29) is 0 Å². The van der Waals surface area contributed by atoms with Crippen molar-refractivity contribution in [1.82, 2.24) is 9.88 Å². The first-order chi connectivity index (χ1) is 16.4. The maximum atomic E-state index is 13.5. The van der Waals surface area contributed by atoms with Crippen LogP contribution in [0.25, 0.3) is 10.9 Å².